The highest BCUT2D eigenvalue weighted by atomic mass is 32.2. The fourth-order valence-electron chi connectivity index (χ4n) is 3.76. The number of carbonyl (C=O) groups excluding carboxylic acids is 1. The Morgan fingerprint density at radius 1 is 1.26 bits per heavy atom. The third-order valence-electron chi connectivity index (χ3n) is 5.09. The number of carbonyl (C=O) groups is 1. The first-order valence-electron chi connectivity index (χ1n) is 8.62. The van der Waals surface area contributed by atoms with Crippen molar-refractivity contribution in [1.82, 2.24) is 4.90 Å². The molecule has 2 heterocycles. The molecule has 2 atom stereocenters. The molecule has 2 aliphatic heterocycles. The molecule has 0 radical (unpaired) electrons. The van der Waals surface area contributed by atoms with Crippen molar-refractivity contribution in [2.45, 2.75) is 48.8 Å². The van der Waals surface area contributed by atoms with Crippen LogP contribution < -0.4 is 4.74 Å². The molecule has 4 rings (SSSR count). The van der Waals surface area contributed by atoms with E-state index in [1.54, 1.807) is 49.1 Å². The summed E-state index contributed by atoms with van der Waals surface area (Å²) in [6.45, 7) is 3.87. The van der Waals surface area contributed by atoms with E-state index in [1.165, 1.54) is 0 Å². The second-order valence-corrected chi connectivity index (χ2v) is 8.33. The highest BCUT2D eigenvalue weighted by molar-refractivity contribution is 7.99. The zero-order valence-corrected chi connectivity index (χ0v) is 15.7. The summed E-state index contributed by atoms with van der Waals surface area (Å²) in [5.74, 6) is -2.23. The Hall–Kier alpha value is -2.12. The number of halogens is 2. The lowest BCUT2D eigenvalue weighted by Crippen LogP contribution is -2.53. The molecule has 142 valence electrons. The van der Waals surface area contributed by atoms with E-state index in [2.05, 4.69) is 0 Å². The predicted molar refractivity (Wildman–Crippen MR) is 98.1 cm³/mol. The van der Waals surface area contributed by atoms with Crippen molar-refractivity contribution in [2.75, 3.05) is 0 Å². The number of ether oxygens (including phenoxy) is 1. The molecule has 0 bridgehead atoms. The zero-order chi connectivity index (χ0) is 19.3. The predicted octanol–water partition coefficient (Wildman–Crippen LogP) is 4.23. The largest absolute Gasteiger partial charge is 0.485 e. The SMILES string of the molecule is CC1(C)Oc2ccc(SC(F)F)cc2[C@@H](N2Cc3ccccc3C2=O)[C@@H]1O. The van der Waals surface area contributed by atoms with Crippen LogP contribution in [-0.4, -0.2) is 33.4 Å². The maximum atomic E-state index is 13.0. The van der Waals surface area contributed by atoms with Gasteiger partial charge < -0.3 is 14.7 Å². The van der Waals surface area contributed by atoms with Gasteiger partial charge in [0.1, 0.15) is 17.5 Å². The van der Waals surface area contributed by atoms with Gasteiger partial charge in [-0.25, -0.2) is 0 Å². The second kappa shape index (κ2) is 6.49. The lowest BCUT2D eigenvalue weighted by atomic mass is 9.85. The number of thioether (sulfide) groups is 1. The van der Waals surface area contributed by atoms with Crippen LogP contribution in [0.15, 0.2) is 47.4 Å². The lowest BCUT2D eigenvalue weighted by molar-refractivity contribution is -0.0869. The van der Waals surface area contributed by atoms with Gasteiger partial charge in [0.25, 0.3) is 11.7 Å². The standard InChI is InChI=1S/C20H19F2NO3S/c1-20(2)17(24)16(23-10-11-5-3-4-6-13(11)18(23)25)14-9-12(27-19(21)22)7-8-15(14)26-20/h3-9,16-17,19,24H,10H2,1-2H3/t16-,17+/m1/s1. The van der Waals surface area contributed by atoms with Crippen LogP contribution in [0.5, 0.6) is 5.75 Å². The molecular formula is C20H19F2NO3S. The Balaban J connectivity index is 1.79. The van der Waals surface area contributed by atoms with Gasteiger partial charge in [0.15, 0.2) is 0 Å². The fourth-order valence-corrected chi connectivity index (χ4v) is 4.31. The van der Waals surface area contributed by atoms with E-state index < -0.39 is 23.5 Å². The smallest absolute Gasteiger partial charge is 0.288 e. The monoisotopic (exact) mass is 391 g/mol. The number of rotatable bonds is 3. The van der Waals surface area contributed by atoms with Gasteiger partial charge in [-0.05, 0) is 43.7 Å². The number of alkyl halides is 2. The van der Waals surface area contributed by atoms with Gasteiger partial charge in [0, 0.05) is 22.6 Å². The van der Waals surface area contributed by atoms with Crippen LogP contribution in [0.4, 0.5) is 8.78 Å². The number of hydrogen-bond donors (Lipinski definition) is 1. The van der Waals surface area contributed by atoms with Crippen molar-refractivity contribution in [3.63, 3.8) is 0 Å². The van der Waals surface area contributed by atoms with Crippen LogP contribution in [0.1, 0.15) is 41.4 Å². The minimum atomic E-state index is -2.55. The van der Waals surface area contributed by atoms with Crippen LogP contribution >= 0.6 is 11.8 Å². The summed E-state index contributed by atoms with van der Waals surface area (Å²) in [5, 5.41) is 11.0. The Bertz CT molecular complexity index is 903. The van der Waals surface area contributed by atoms with Crippen molar-refractivity contribution in [1.29, 1.82) is 0 Å². The normalized spacial score (nSPS) is 23.2. The second-order valence-electron chi connectivity index (χ2n) is 7.26. The number of aliphatic hydroxyl groups is 1. The number of nitrogens with zero attached hydrogens (tertiary/aromatic N) is 1. The summed E-state index contributed by atoms with van der Waals surface area (Å²) in [6.07, 6.45) is -1.00. The van der Waals surface area contributed by atoms with Crippen molar-refractivity contribution < 1.29 is 23.4 Å². The molecule has 0 saturated heterocycles. The molecule has 1 N–H and O–H groups in total. The number of aliphatic hydroxyl groups excluding tert-OH is 1. The zero-order valence-electron chi connectivity index (χ0n) is 14.9. The summed E-state index contributed by atoms with van der Waals surface area (Å²) in [4.78, 5) is 14.9. The Morgan fingerprint density at radius 3 is 2.70 bits per heavy atom. The van der Waals surface area contributed by atoms with Crippen molar-refractivity contribution in [2.24, 2.45) is 0 Å². The number of benzene rings is 2. The average Bonchev–Trinajstić information content (AvgIpc) is 2.93. The van der Waals surface area contributed by atoms with Crippen LogP contribution in [0.25, 0.3) is 0 Å². The van der Waals surface area contributed by atoms with Gasteiger partial charge in [-0.2, -0.15) is 8.78 Å². The molecule has 0 saturated carbocycles. The van der Waals surface area contributed by atoms with E-state index in [4.69, 9.17) is 4.74 Å². The highest BCUT2D eigenvalue weighted by Crippen LogP contribution is 2.46. The Labute approximate surface area is 160 Å². The molecule has 0 unspecified atom stereocenters. The van der Waals surface area contributed by atoms with Crippen LogP contribution in [0, 0.1) is 0 Å². The maximum absolute atomic E-state index is 13.0. The first-order valence-corrected chi connectivity index (χ1v) is 9.50. The summed E-state index contributed by atoms with van der Waals surface area (Å²) >= 11 is 0.431. The minimum Gasteiger partial charge on any atom is -0.485 e. The third kappa shape index (κ3) is 3.08. The summed E-state index contributed by atoms with van der Waals surface area (Å²) in [6, 6.07) is 11.4. The third-order valence-corrected chi connectivity index (χ3v) is 5.80. The summed E-state index contributed by atoms with van der Waals surface area (Å²) < 4.78 is 31.5. The Kier molecular flexibility index (Phi) is 4.39. The minimum absolute atomic E-state index is 0.176. The highest BCUT2D eigenvalue weighted by Gasteiger charge is 2.48. The van der Waals surface area contributed by atoms with Crippen LogP contribution in [0.2, 0.25) is 0 Å². The molecule has 0 aromatic heterocycles. The van der Waals surface area contributed by atoms with Gasteiger partial charge in [0.05, 0.1) is 6.04 Å². The van der Waals surface area contributed by atoms with E-state index in [9.17, 15) is 18.7 Å². The number of amides is 1. The lowest BCUT2D eigenvalue weighted by Gasteiger charge is -2.45. The molecular weight excluding hydrogens is 372 g/mol. The molecule has 7 heteroatoms. The van der Waals surface area contributed by atoms with E-state index in [0.29, 0.717) is 40.1 Å². The fraction of sp³-hybridized carbons (Fsp3) is 0.350. The van der Waals surface area contributed by atoms with E-state index in [0.717, 1.165) is 5.56 Å². The van der Waals surface area contributed by atoms with Gasteiger partial charge in [-0.15, -0.1) is 0 Å². The van der Waals surface area contributed by atoms with Gasteiger partial charge in [-0.3, -0.25) is 4.79 Å². The molecule has 2 aliphatic rings. The molecule has 1 amide bonds. The summed E-state index contributed by atoms with van der Waals surface area (Å²) in [7, 11) is 0. The first-order chi connectivity index (χ1) is 12.8. The van der Waals surface area contributed by atoms with Crippen molar-refractivity contribution in [3.8, 4) is 5.75 Å². The van der Waals surface area contributed by atoms with Crippen LogP contribution in [-0.2, 0) is 6.54 Å². The molecule has 2 aromatic carbocycles. The van der Waals surface area contributed by atoms with E-state index in [-0.39, 0.29) is 5.91 Å². The summed E-state index contributed by atoms with van der Waals surface area (Å²) in [5.41, 5.74) is 1.12. The van der Waals surface area contributed by atoms with Crippen LogP contribution in [0.3, 0.4) is 0 Å². The van der Waals surface area contributed by atoms with E-state index in [1.807, 2.05) is 12.1 Å². The first kappa shape index (κ1) is 18.3. The molecule has 0 fully saturated rings. The quantitative estimate of drug-likeness (QED) is 0.796. The van der Waals surface area contributed by atoms with Gasteiger partial charge in [-0.1, -0.05) is 30.0 Å². The van der Waals surface area contributed by atoms with Gasteiger partial charge >= 0.3 is 0 Å². The molecule has 2 aromatic rings. The maximum Gasteiger partial charge on any atom is 0.288 e. The number of fused-ring (bicyclic) bond motifs is 2. The Morgan fingerprint density at radius 2 is 2.00 bits per heavy atom. The molecule has 0 spiro atoms. The average molecular weight is 391 g/mol. The number of hydrogen-bond acceptors (Lipinski definition) is 4. The van der Waals surface area contributed by atoms with Crippen molar-refractivity contribution >= 4 is 17.7 Å². The topological polar surface area (TPSA) is 49.8 Å². The molecule has 27 heavy (non-hydrogen) atoms. The molecule has 4 nitrogen and oxygen atoms in total. The molecule has 0 aliphatic carbocycles. The van der Waals surface area contributed by atoms with Gasteiger partial charge in [0.2, 0.25) is 0 Å². The van der Waals surface area contributed by atoms with Crippen molar-refractivity contribution in [3.05, 3.63) is 59.2 Å². The van der Waals surface area contributed by atoms with E-state index >= 15 is 0 Å².